The highest BCUT2D eigenvalue weighted by Crippen LogP contribution is 2.47. The van der Waals surface area contributed by atoms with Crippen molar-refractivity contribution in [2.24, 2.45) is 5.92 Å². The molecule has 1 aliphatic heterocycles. The molecule has 1 saturated heterocycles. The van der Waals surface area contributed by atoms with E-state index in [1.165, 1.54) is 20.3 Å². The number of rotatable bonds is 4. The Morgan fingerprint density at radius 2 is 2.15 bits per heavy atom. The minimum absolute atomic E-state index is 0.118. The molecule has 2 unspecified atom stereocenters. The van der Waals surface area contributed by atoms with E-state index < -0.39 is 11.9 Å². The van der Waals surface area contributed by atoms with Crippen LogP contribution in [0.2, 0.25) is 5.02 Å². The Morgan fingerprint density at radius 1 is 1.45 bits per heavy atom. The lowest BCUT2D eigenvalue weighted by Gasteiger charge is -2.19. The third-order valence-corrected chi connectivity index (χ3v) is 3.75. The summed E-state index contributed by atoms with van der Waals surface area (Å²) in [7, 11) is 2.93. The van der Waals surface area contributed by atoms with Gasteiger partial charge in [-0.2, -0.15) is 0 Å². The van der Waals surface area contributed by atoms with Crippen LogP contribution in [-0.2, 0) is 4.79 Å². The molecule has 0 saturated carbocycles. The van der Waals surface area contributed by atoms with Crippen molar-refractivity contribution in [1.29, 1.82) is 0 Å². The van der Waals surface area contributed by atoms with Crippen LogP contribution in [0.25, 0.3) is 0 Å². The van der Waals surface area contributed by atoms with Gasteiger partial charge in [0, 0.05) is 18.7 Å². The highest BCUT2D eigenvalue weighted by Gasteiger charge is 2.35. The molecule has 1 aromatic rings. The zero-order valence-corrected chi connectivity index (χ0v) is 11.9. The summed E-state index contributed by atoms with van der Waals surface area (Å²) in [5.41, 5.74) is 0.431. The van der Waals surface area contributed by atoms with Crippen molar-refractivity contribution in [1.82, 2.24) is 5.32 Å². The lowest BCUT2D eigenvalue weighted by molar-refractivity contribution is -0.141. The van der Waals surface area contributed by atoms with Crippen molar-refractivity contribution in [3.05, 3.63) is 16.7 Å². The van der Waals surface area contributed by atoms with Gasteiger partial charge < -0.3 is 25.0 Å². The Bertz CT molecular complexity index is 534. The first kappa shape index (κ1) is 14.7. The summed E-state index contributed by atoms with van der Waals surface area (Å²) in [6.45, 7) is 0.331. The van der Waals surface area contributed by atoms with Crippen LogP contribution in [0.4, 0.5) is 0 Å². The maximum atomic E-state index is 11.0. The molecule has 0 amide bonds. The molecule has 0 radical (unpaired) electrons. The van der Waals surface area contributed by atoms with Crippen LogP contribution in [0.5, 0.6) is 17.2 Å². The zero-order chi connectivity index (χ0) is 14.9. The normalized spacial score (nSPS) is 21.8. The summed E-state index contributed by atoms with van der Waals surface area (Å²) in [5, 5.41) is 22.4. The Balaban J connectivity index is 2.45. The van der Waals surface area contributed by atoms with Gasteiger partial charge in [0.2, 0.25) is 0 Å². The van der Waals surface area contributed by atoms with Gasteiger partial charge in [-0.25, -0.2) is 0 Å². The molecule has 110 valence electrons. The highest BCUT2D eigenvalue weighted by atomic mass is 35.5. The second-order valence-electron chi connectivity index (χ2n) is 4.59. The molecule has 6 nitrogen and oxygen atoms in total. The fourth-order valence-corrected chi connectivity index (χ4v) is 2.65. The van der Waals surface area contributed by atoms with Crippen LogP contribution in [0.1, 0.15) is 18.0 Å². The van der Waals surface area contributed by atoms with Crippen LogP contribution in [0, 0.1) is 5.92 Å². The molecule has 0 aromatic heterocycles. The number of hydrogen-bond donors (Lipinski definition) is 3. The van der Waals surface area contributed by atoms with Gasteiger partial charge in [0.15, 0.2) is 11.5 Å². The van der Waals surface area contributed by atoms with Crippen molar-refractivity contribution >= 4 is 17.6 Å². The lowest BCUT2D eigenvalue weighted by Crippen LogP contribution is -2.17. The van der Waals surface area contributed by atoms with E-state index in [0.717, 1.165) is 0 Å². The molecular weight excluding hydrogens is 286 g/mol. The summed E-state index contributed by atoms with van der Waals surface area (Å²) in [5.74, 6) is -0.738. The van der Waals surface area contributed by atoms with Gasteiger partial charge in [-0.05, 0) is 6.42 Å². The number of phenolic OH excluding ortho intramolecular Hbond substituents is 1. The number of aromatic hydroxyl groups is 1. The zero-order valence-electron chi connectivity index (χ0n) is 11.1. The quantitative estimate of drug-likeness (QED) is 0.786. The lowest BCUT2D eigenvalue weighted by atomic mass is 9.98. The molecule has 2 atom stereocenters. The fraction of sp³-hybridized carbons (Fsp3) is 0.462. The van der Waals surface area contributed by atoms with Gasteiger partial charge in [0.25, 0.3) is 0 Å². The van der Waals surface area contributed by atoms with Crippen molar-refractivity contribution in [3.8, 4) is 17.2 Å². The van der Waals surface area contributed by atoms with Crippen LogP contribution < -0.4 is 14.8 Å². The summed E-state index contributed by atoms with van der Waals surface area (Å²) < 4.78 is 10.5. The number of carboxylic acid groups (broad SMARTS) is 1. The van der Waals surface area contributed by atoms with E-state index in [9.17, 15) is 9.90 Å². The molecule has 2 rings (SSSR count). The van der Waals surface area contributed by atoms with E-state index in [1.54, 1.807) is 0 Å². The van der Waals surface area contributed by atoms with Gasteiger partial charge in [0.1, 0.15) is 5.75 Å². The Hall–Kier alpha value is -1.66. The predicted molar refractivity (Wildman–Crippen MR) is 72.7 cm³/mol. The minimum atomic E-state index is -0.868. The number of aliphatic carboxylic acids is 1. The standard InChI is InChI=1S/C13H16ClNO5/c1-19-9-4-7(14)11(16)10(12(9)20-2)8-3-6(5-15-8)13(17)18/h4,6,8,15-16H,3,5H2,1-2H3,(H,17,18). The summed E-state index contributed by atoms with van der Waals surface area (Å²) in [6.07, 6.45) is 0.350. The molecule has 3 N–H and O–H groups in total. The second-order valence-corrected chi connectivity index (χ2v) is 5.00. The first-order chi connectivity index (χ1) is 9.49. The van der Waals surface area contributed by atoms with Crippen molar-refractivity contribution in [2.45, 2.75) is 12.5 Å². The van der Waals surface area contributed by atoms with Gasteiger partial charge in [-0.1, -0.05) is 11.6 Å². The van der Waals surface area contributed by atoms with E-state index in [-0.39, 0.29) is 16.8 Å². The Morgan fingerprint density at radius 3 is 2.65 bits per heavy atom. The third-order valence-electron chi connectivity index (χ3n) is 3.46. The number of ether oxygens (including phenoxy) is 2. The maximum absolute atomic E-state index is 11.0. The van der Waals surface area contributed by atoms with Crippen LogP contribution in [0.15, 0.2) is 6.07 Å². The van der Waals surface area contributed by atoms with E-state index in [0.29, 0.717) is 30.0 Å². The average molecular weight is 302 g/mol. The molecule has 1 fully saturated rings. The molecule has 1 aliphatic rings. The molecule has 7 heteroatoms. The van der Waals surface area contributed by atoms with Gasteiger partial charge >= 0.3 is 5.97 Å². The number of benzene rings is 1. The van der Waals surface area contributed by atoms with E-state index in [4.69, 9.17) is 26.2 Å². The van der Waals surface area contributed by atoms with Crippen molar-refractivity contribution in [2.75, 3.05) is 20.8 Å². The van der Waals surface area contributed by atoms with E-state index in [2.05, 4.69) is 5.32 Å². The van der Waals surface area contributed by atoms with Gasteiger partial charge in [-0.3, -0.25) is 4.79 Å². The highest BCUT2D eigenvalue weighted by molar-refractivity contribution is 6.32. The maximum Gasteiger partial charge on any atom is 0.307 e. The first-order valence-corrected chi connectivity index (χ1v) is 6.46. The summed E-state index contributed by atoms with van der Waals surface area (Å²) in [4.78, 5) is 11.0. The fourth-order valence-electron chi connectivity index (χ4n) is 2.45. The average Bonchev–Trinajstić information content (AvgIpc) is 2.90. The number of methoxy groups -OCH3 is 2. The number of nitrogens with one attached hydrogen (secondary N) is 1. The number of halogens is 1. The topological polar surface area (TPSA) is 88.0 Å². The molecule has 20 heavy (non-hydrogen) atoms. The van der Waals surface area contributed by atoms with Gasteiger partial charge in [0.05, 0.1) is 30.7 Å². The minimum Gasteiger partial charge on any atom is -0.506 e. The molecule has 1 aromatic carbocycles. The second kappa shape index (κ2) is 5.76. The first-order valence-electron chi connectivity index (χ1n) is 6.09. The monoisotopic (exact) mass is 301 g/mol. The van der Waals surface area contributed by atoms with Crippen molar-refractivity contribution in [3.63, 3.8) is 0 Å². The largest absolute Gasteiger partial charge is 0.506 e. The van der Waals surface area contributed by atoms with Gasteiger partial charge in [-0.15, -0.1) is 0 Å². The molecule has 0 spiro atoms. The predicted octanol–water partition coefficient (Wildman–Crippen LogP) is 1.80. The SMILES string of the molecule is COc1cc(Cl)c(O)c(C2CC(C(=O)O)CN2)c1OC. The number of hydrogen-bond acceptors (Lipinski definition) is 5. The van der Waals surface area contributed by atoms with Crippen LogP contribution >= 0.6 is 11.6 Å². The molecular formula is C13H16ClNO5. The summed E-state index contributed by atoms with van der Waals surface area (Å²) >= 11 is 5.97. The Kier molecular flexibility index (Phi) is 4.25. The third kappa shape index (κ3) is 2.48. The molecule has 0 aliphatic carbocycles. The summed E-state index contributed by atoms with van der Waals surface area (Å²) in [6, 6.07) is 1.11. The number of carboxylic acids is 1. The van der Waals surface area contributed by atoms with Crippen molar-refractivity contribution < 1.29 is 24.5 Å². The van der Waals surface area contributed by atoms with Crippen LogP contribution in [0.3, 0.4) is 0 Å². The van der Waals surface area contributed by atoms with E-state index in [1.807, 2.05) is 0 Å². The molecule has 1 heterocycles. The number of carbonyl (C=O) groups is 1. The number of phenols is 1. The molecule has 0 bridgehead atoms. The van der Waals surface area contributed by atoms with E-state index >= 15 is 0 Å². The van der Waals surface area contributed by atoms with Crippen LogP contribution in [-0.4, -0.2) is 36.9 Å². The smallest absolute Gasteiger partial charge is 0.307 e. The Labute approximate surface area is 121 Å².